The molecule has 1 saturated heterocycles. The molecule has 0 N–H and O–H groups in total. The predicted octanol–water partition coefficient (Wildman–Crippen LogP) is 2.20. The van der Waals surface area contributed by atoms with E-state index in [1.54, 1.807) is 20.1 Å². The first-order valence-corrected chi connectivity index (χ1v) is 7.70. The number of hydrogen-bond acceptors (Lipinski definition) is 6. The van der Waals surface area contributed by atoms with Crippen LogP contribution in [0.2, 0.25) is 0 Å². The van der Waals surface area contributed by atoms with Crippen molar-refractivity contribution in [3.05, 3.63) is 52.8 Å². The smallest absolute Gasteiger partial charge is 0.338 e. The molecule has 1 fully saturated rings. The molecule has 2 aliphatic heterocycles. The first-order chi connectivity index (χ1) is 11.6. The normalized spacial score (nSPS) is 29.0. The summed E-state index contributed by atoms with van der Waals surface area (Å²) in [5.41, 5.74) is 2.96. The molecule has 2 heterocycles. The number of hydrogen-bond donors (Lipinski definition) is 0. The minimum Gasteiger partial charge on any atom is -0.496 e. The fourth-order valence-corrected chi connectivity index (χ4v) is 3.41. The maximum atomic E-state index is 12.2. The van der Waals surface area contributed by atoms with Crippen LogP contribution in [-0.4, -0.2) is 25.3 Å². The van der Waals surface area contributed by atoms with E-state index in [4.69, 9.17) is 18.9 Å². The van der Waals surface area contributed by atoms with Gasteiger partial charge >= 0.3 is 11.9 Å². The summed E-state index contributed by atoms with van der Waals surface area (Å²) in [7, 11) is 1.60. The van der Waals surface area contributed by atoms with Gasteiger partial charge in [-0.1, -0.05) is 12.1 Å². The highest BCUT2D eigenvalue weighted by Gasteiger charge is 2.48. The third-order valence-corrected chi connectivity index (χ3v) is 4.60. The Morgan fingerprint density at radius 3 is 2.75 bits per heavy atom. The standard InChI is InChI=1S/C18H16O6/c1-9-6-14(23-17(9)19)22-8-12-11-7-10-4-3-5-13(21-2)15(10)16(11)24-18(12)20/h3-6,8,11,14,16H,7H2,1-2H3/b12-8+/t11-,14-,16+/m1/s1. The molecule has 1 aromatic rings. The van der Waals surface area contributed by atoms with Crippen molar-refractivity contribution < 1.29 is 28.5 Å². The van der Waals surface area contributed by atoms with Gasteiger partial charge in [0.25, 0.3) is 6.29 Å². The highest BCUT2D eigenvalue weighted by atomic mass is 16.7. The second-order valence-corrected chi connectivity index (χ2v) is 6.00. The van der Waals surface area contributed by atoms with Gasteiger partial charge in [0, 0.05) is 23.1 Å². The van der Waals surface area contributed by atoms with Crippen LogP contribution in [0.15, 0.2) is 41.7 Å². The van der Waals surface area contributed by atoms with Gasteiger partial charge in [-0.2, -0.15) is 0 Å². The first kappa shape index (κ1) is 14.8. The average Bonchev–Trinajstić information content (AvgIpc) is 3.17. The number of rotatable bonds is 3. The molecular formula is C18H16O6. The summed E-state index contributed by atoms with van der Waals surface area (Å²) in [5.74, 6) is -0.223. The van der Waals surface area contributed by atoms with Crippen molar-refractivity contribution in [1.29, 1.82) is 0 Å². The lowest BCUT2D eigenvalue weighted by atomic mass is 9.98. The molecule has 3 atom stereocenters. The number of carbonyl (C=O) groups excluding carboxylic acids is 2. The van der Waals surface area contributed by atoms with Gasteiger partial charge in [0.15, 0.2) is 0 Å². The number of ether oxygens (including phenoxy) is 4. The zero-order valence-corrected chi connectivity index (χ0v) is 13.3. The molecule has 0 amide bonds. The van der Waals surface area contributed by atoms with E-state index >= 15 is 0 Å². The van der Waals surface area contributed by atoms with Crippen LogP contribution in [0.5, 0.6) is 5.75 Å². The number of carbonyl (C=O) groups is 2. The molecule has 124 valence electrons. The second-order valence-electron chi connectivity index (χ2n) is 6.00. The Morgan fingerprint density at radius 2 is 2.04 bits per heavy atom. The molecule has 1 aliphatic carbocycles. The van der Waals surface area contributed by atoms with E-state index in [9.17, 15) is 9.59 Å². The van der Waals surface area contributed by atoms with Crippen molar-refractivity contribution in [3.8, 4) is 5.75 Å². The van der Waals surface area contributed by atoms with Crippen molar-refractivity contribution >= 4 is 11.9 Å². The van der Waals surface area contributed by atoms with Gasteiger partial charge in [-0.25, -0.2) is 9.59 Å². The Kier molecular flexibility index (Phi) is 3.33. The average molecular weight is 328 g/mol. The fraction of sp³-hybridized carbons (Fsp3) is 0.333. The zero-order chi connectivity index (χ0) is 16.8. The van der Waals surface area contributed by atoms with Gasteiger partial charge in [0.05, 0.1) is 18.9 Å². The zero-order valence-electron chi connectivity index (χ0n) is 13.3. The van der Waals surface area contributed by atoms with Crippen molar-refractivity contribution in [2.75, 3.05) is 7.11 Å². The van der Waals surface area contributed by atoms with Crippen LogP contribution in [0, 0.1) is 5.92 Å². The van der Waals surface area contributed by atoms with E-state index in [0.29, 0.717) is 17.6 Å². The second kappa shape index (κ2) is 5.40. The van der Waals surface area contributed by atoms with Crippen LogP contribution < -0.4 is 4.74 Å². The van der Waals surface area contributed by atoms with Crippen LogP contribution in [0.4, 0.5) is 0 Å². The van der Waals surface area contributed by atoms with Gasteiger partial charge < -0.3 is 18.9 Å². The van der Waals surface area contributed by atoms with E-state index in [1.165, 1.54) is 6.26 Å². The van der Waals surface area contributed by atoms with E-state index < -0.39 is 18.2 Å². The molecule has 1 aromatic carbocycles. The van der Waals surface area contributed by atoms with Crippen LogP contribution >= 0.6 is 0 Å². The van der Waals surface area contributed by atoms with E-state index in [1.807, 2.05) is 18.2 Å². The summed E-state index contributed by atoms with van der Waals surface area (Å²) < 4.78 is 21.4. The number of benzene rings is 1. The topological polar surface area (TPSA) is 71.1 Å². The predicted molar refractivity (Wildman–Crippen MR) is 81.8 cm³/mol. The fourth-order valence-electron chi connectivity index (χ4n) is 3.41. The summed E-state index contributed by atoms with van der Waals surface area (Å²) in [6.07, 6.45) is 2.46. The Hall–Kier alpha value is -2.76. The Bertz CT molecular complexity index is 791. The summed E-state index contributed by atoms with van der Waals surface area (Å²) in [4.78, 5) is 23.5. The first-order valence-electron chi connectivity index (χ1n) is 7.70. The molecule has 6 nitrogen and oxygen atoms in total. The van der Waals surface area contributed by atoms with Crippen molar-refractivity contribution in [1.82, 2.24) is 0 Å². The minimum atomic E-state index is -0.796. The Labute approximate surface area is 138 Å². The Morgan fingerprint density at radius 1 is 1.21 bits per heavy atom. The lowest BCUT2D eigenvalue weighted by Gasteiger charge is -2.12. The van der Waals surface area contributed by atoms with E-state index in [-0.39, 0.29) is 12.0 Å². The number of esters is 2. The van der Waals surface area contributed by atoms with E-state index in [0.717, 1.165) is 16.9 Å². The monoisotopic (exact) mass is 328 g/mol. The maximum Gasteiger partial charge on any atom is 0.338 e. The third-order valence-electron chi connectivity index (χ3n) is 4.60. The number of methoxy groups -OCH3 is 1. The number of fused-ring (bicyclic) bond motifs is 3. The highest BCUT2D eigenvalue weighted by molar-refractivity contribution is 5.92. The molecule has 3 aliphatic rings. The van der Waals surface area contributed by atoms with Crippen LogP contribution in [-0.2, 0) is 30.2 Å². The van der Waals surface area contributed by atoms with Crippen LogP contribution in [0.3, 0.4) is 0 Å². The summed E-state index contributed by atoms with van der Waals surface area (Å²) >= 11 is 0. The van der Waals surface area contributed by atoms with Gasteiger partial charge in [0.2, 0.25) is 0 Å². The molecule has 4 rings (SSSR count). The molecule has 24 heavy (non-hydrogen) atoms. The maximum absolute atomic E-state index is 12.2. The summed E-state index contributed by atoms with van der Waals surface area (Å²) in [5, 5.41) is 0. The van der Waals surface area contributed by atoms with Gasteiger partial charge in [-0.15, -0.1) is 0 Å². The highest BCUT2D eigenvalue weighted by Crippen LogP contribution is 2.50. The number of cyclic esters (lactones) is 1. The molecule has 0 radical (unpaired) electrons. The lowest BCUT2D eigenvalue weighted by Crippen LogP contribution is -2.11. The van der Waals surface area contributed by atoms with Gasteiger partial charge in [-0.3, -0.25) is 0 Å². The lowest BCUT2D eigenvalue weighted by molar-refractivity contribution is -0.152. The molecule has 0 spiro atoms. The van der Waals surface area contributed by atoms with Gasteiger partial charge in [0.1, 0.15) is 11.9 Å². The third kappa shape index (κ3) is 2.18. The summed E-state index contributed by atoms with van der Waals surface area (Å²) in [6, 6.07) is 5.79. The molecule has 0 unspecified atom stereocenters. The van der Waals surface area contributed by atoms with Crippen molar-refractivity contribution in [3.63, 3.8) is 0 Å². The minimum absolute atomic E-state index is 0.119. The molecule has 0 aromatic heterocycles. The van der Waals surface area contributed by atoms with Crippen molar-refractivity contribution in [2.24, 2.45) is 5.92 Å². The van der Waals surface area contributed by atoms with E-state index in [2.05, 4.69) is 0 Å². The summed E-state index contributed by atoms with van der Waals surface area (Å²) in [6.45, 7) is 1.65. The van der Waals surface area contributed by atoms with Gasteiger partial charge in [-0.05, 0) is 25.0 Å². The largest absolute Gasteiger partial charge is 0.496 e. The van der Waals surface area contributed by atoms with Crippen LogP contribution in [0.1, 0.15) is 24.2 Å². The quantitative estimate of drug-likeness (QED) is 0.481. The molecular weight excluding hydrogens is 312 g/mol. The molecule has 0 saturated carbocycles. The molecule has 6 heteroatoms. The SMILES string of the molecule is COc1cccc2c1[C@H]1OC(=O)/C(=C/O[C@H]3C=C(C)C(=O)O3)[C@H]1C2. The van der Waals surface area contributed by atoms with Crippen molar-refractivity contribution in [2.45, 2.75) is 25.7 Å². The van der Waals surface area contributed by atoms with Crippen LogP contribution in [0.25, 0.3) is 0 Å². The Balaban J connectivity index is 1.58. The molecule has 0 bridgehead atoms.